The number of halogens is 1. The second-order valence-electron chi connectivity index (χ2n) is 4.36. The van der Waals surface area contributed by atoms with E-state index in [4.69, 9.17) is 16.3 Å². The SMILES string of the molecule is O=C(CNCC1CC1)OCc1cccc(Cl)c1. The minimum atomic E-state index is -0.217. The number of carbonyl (C=O) groups is 1. The van der Waals surface area contributed by atoms with E-state index in [2.05, 4.69) is 5.32 Å². The molecule has 92 valence electrons. The molecule has 1 fully saturated rings. The monoisotopic (exact) mass is 253 g/mol. The van der Waals surface area contributed by atoms with Crippen molar-refractivity contribution in [2.45, 2.75) is 19.4 Å². The van der Waals surface area contributed by atoms with Gasteiger partial charge in [-0.05, 0) is 43.0 Å². The molecule has 0 radical (unpaired) electrons. The Bertz CT molecular complexity index is 391. The molecule has 1 aromatic carbocycles. The molecule has 1 saturated carbocycles. The maximum atomic E-state index is 11.4. The predicted molar refractivity (Wildman–Crippen MR) is 66.8 cm³/mol. The van der Waals surface area contributed by atoms with Crippen molar-refractivity contribution in [2.75, 3.05) is 13.1 Å². The van der Waals surface area contributed by atoms with Crippen molar-refractivity contribution in [3.8, 4) is 0 Å². The Hall–Kier alpha value is -1.06. The third-order valence-corrected chi connectivity index (χ3v) is 2.92. The maximum Gasteiger partial charge on any atom is 0.320 e. The van der Waals surface area contributed by atoms with Crippen molar-refractivity contribution < 1.29 is 9.53 Å². The van der Waals surface area contributed by atoms with Gasteiger partial charge in [0.2, 0.25) is 0 Å². The second-order valence-corrected chi connectivity index (χ2v) is 4.80. The van der Waals surface area contributed by atoms with E-state index in [1.807, 2.05) is 12.1 Å². The summed E-state index contributed by atoms with van der Waals surface area (Å²) in [6.07, 6.45) is 2.56. The van der Waals surface area contributed by atoms with E-state index < -0.39 is 0 Å². The van der Waals surface area contributed by atoms with E-state index in [1.165, 1.54) is 12.8 Å². The molecule has 0 aliphatic heterocycles. The second kappa shape index (κ2) is 6.03. The molecule has 0 saturated heterocycles. The van der Waals surface area contributed by atoms with Crippen LogP contribution >= 0.6 is 11.6 Å². The summed E-state index contributed by atoms with van der Waals surface area (Å²) in [5.41, 5.74) is 0.910. The molecule has 1 aliphatic carbocycles. The molecule has 0 amide bonds. The lowest BCUT2D eigenvalue weighted by Crippen LogP contribution is -2.26. The highest BCUT2D eigenvalue weighted by molar-refractivity contribution is 6.30. The van der Waals surface area contributed by atoms with Crippen LogP contribution in [0.1, 0.15) is 18.4 Å². The van der Waals surface area contributed by atoms with E-state index in [0.29, 0.717) is 5.02 Å². The number of ether oxygens (including phenoxy) is 1. The standard InChI is InChI=1S/C13H16ClNO2/c14-12-3-1-2-11(6-12)9-17-13(16)8-15-7-10-4-5-10/h1-3,6,10,15H,4-5,7-9H2. The Morgan fingerprint density at radius 3 is 3.00 bits per heavy atom. The third kappa shape index (κ3) is 4.75. The van der Waals surface area contributed by atoms with Crippen LogP contribution in [0, 0.1) is 5.92 Å². The Morgan fingerprint density at radius 1 is 1.47 bits per heavy atom. The normalized spacial score (nSPS) is 14.6. The van der Waals surface area contributed by atoms with Gasteiger partial charge in [0, 0.05) is 5.02 Å². The highest BCUT2D eigenvalue weighted by Gasteiger charge is 2.20. The Morgan fingerprint density at radius 2 is 2.29 bits per heavy atom. The topological polar surface area (TPSA) is 38.3 Å². The maximum absolute atomic E-state index is 11.4. The van der Waals surface area contributed by atoms with Crippen LogP contribution in [-0.2, 0) is 16.1 Å². The molecule has 0 heterocycles. The van der Waals surface area contributed by atoms with Gasteiger partial charge in [-0.15, -0.1) is 0 Å². The van der Waals surface area contributed by atoms with Crippen LogP contribution < -0.4 is 5.32 Å². The zero-order chi connectivity index (χ0) is 12.1. The fourth-order valence-corrected chi connectivity index (χ4v) is 1.75. The molecule has 1 aliphatic rings. The van der Waals surface area contributed by atoms with Crippen LogP contribution in [0.25, 0.3) is 0 Å². The summed E-state index contributed by atoms with van der Waals surface area (Å²) >= 11 is 5.83. The molecular weight excluding hydrogens is 238 g/mol. The minimum Gasteiger partial charge on any atom is -0.460 e. The molecule has 17 heavy (non-hydrogen) atoms. The van der Waals surface area contributed by atoms with Gasteiger partial charge in [-0.2, -0.15) is 0 Å². The van der Waals surface area contributed by atoms with Gasteiger partial charge in [-0.25, -0.2) is 0 Å². The van der Waals surface area contributed by atoms with Crippen LogP contribution in [0.3, 0.4) is 0 Å². The van der Waals surface area contributed by atoms with E-state index in [-0.39, 0.29) is 19.1 Å². The molecule has 1 aromatic rings. The van der Waals surface area contributed by atoms with Crippen LogP contribution in [0.5, 0.6) is 0 Å². The van der Waals surface area contributed by atoms with Gasteiger partial charge in [-0.3, -0.25) is 4.79 Å². The average molecular weight is 254 g/mol. The van der Waals surface area contributed by atoms with Crippen LogP contribution in [0.4, 0.5) is 0 Å². The summed E-state index contributed by atoms with van der Waals surface area (Å²) in [6, 6.07) is 7.32. The Kier molecular flexibility index (Phi) is 4.40. The van der Waals surface area contributed by atoms with E-state index in [0.717, 1.165) is 18.0 Å². The predicted octanol–water partition coefficient (Wildman–Crippen LogP) is 2.38. The number of hydrogen-bond donors (Lipinski definition) is 1. The van der Waals surface area contributed by atoms with E-state index in [9.17, 15) is 4.79 Å². The first kappa shape index (κ1) is 12.4. The highest BCUT2D eigenvalue weighted by Crippen LogP contribution is 2.27. The van der Waals surface area contributed by atoms with Crippen LogP contribution in [0.2, 0.25) is 5.02 Å². The number of hydrogen-bond acceptors (Lipinski definition) is 3. The third-order valence-electron chi connectivity index (χ3n) is 2.69. The summed E-state index contributed by atoms with van der Waals surface area (Å²) in [6.45, 7) is 1.49. The fraction of sp³-hybridized carbons (Fsp3) is 0.462. The van der Waals surface area contributed by atoms with Crippen molar-refractivity contribution in [1.82, 2.24) is 5.32 Å². The molecular formula is C13H16ClNO2. The number of esters is 1. The summed E-state index contributed by atoms with van der Waals surface area (Å²) in [5.74, 6) is 0.557. The lowest BCUT2D eigenvalue weighted by molar-refractivity contribution is -0.143. The van der Waals surface area contributed by atoms with E-state index >= 15 is 0 Å². The number of nitrogens with one attached hydrogen (secondary N) is 1. The molecule has 0 unspecified atom stereocenters. The van der Waals surface area contributed by atoms with Gasteiger partial charge in [0.25, 0.3) is 0 Å². The average Bonchev–Trinajstić information content (AvgIpc) is 3.11. The van der Waals surface area contributed by atoms with Crippen molar-refractivity contribution in [2.24, 2.45) is 5.92 Å². The first-order chi connectivity index (χ1) is 8.24. The zero-order valence-corrected chi connectivity index (χ0v) is 10.4. The minimum absolute atomic E-state index is 0.217. The van der Waals surface area contributed by atoms with Crippen molar-refractivity contribution in [3.63, 3.8) is 0 Å². The lowest BCUT2D eigenvalue weighted by Gasteiger charge is -2.06. The Balaban J connectivity index is 1.64. The van der Waals surface area contributed by atoms with Crippen LogP contribution in [-0.4, -0.2) is 19.1 Å². The first-order valence-electron chi connectivity index (χ1n) is 5.85. The number of benzene rings is 1. The molecule has 0 spiro atoms. The number of carbonyl (C=O) groups excluding carboxylic acids is 1. The lowest BCUT2D eigenvalue weighted by atomic mass is 10.2. The summed E-state index contributed by atoms with van der Waals surface area (Å²) in [7, 11) is 0. The first-order valence-corrected chi connectivity index (χ1v) is 6.22. The van der Waals surface area contributed by atoms with Gasteiger partial charge in [0.05, 0.1) is 6.54 Å². The quantitative estimate of drug-likeness (QED) is 0.791. The molecule has 0 bridgehead atoms. The zero-order valence-electron chi connectivity index (χ0n) is 9.62. The highest BCUT2D eigenvalue weighted by atomic mass is 35.5. The van der Waals surface area contributed by atoms with Gasteiger partial charge in [-0.1, -0.05) is 23.7 Å². The number of rotatable bonds is 6. The summed E-state index contributed by atoms with van der Waals surface area (Å²) < 4.78 is 5.13. The molecule has 1 N–H and O–H groups in total. The van der Waals surface area contributed by atoms with E-state index in [1.54, 1.807) is 12.1 Å². The molecule has 2 rings (SSSR count). The van der Waals surface area contributed by atoms with Crippen molar-refractivity contribution in [3.05, 3.63) is 34.9 Å². The fourth-order valence-electron chi connectivity index (χ4n) is 1.54. The van der Waals surface area contributed by atoms with Gasteiger partial charge in [0.1, 0.15) is 6.61 Å². The van der Waals surface area contributed by atoms with Gasteiger partial charge < -0.3 is 10.1 Å². The summed E-state index contributed by atoms with van der Waals surface area (Å²) in [5, 5.41) is 3.75. The smallest absolute Gasteiger partial charge is 0.320 e. The molecule has 4 heteroatoms. The molecule has 0 aromatic heterocycles. The Labute approximate surface area is 106 Å². The molecule has 3 nitrogen and oxygen atoms in total. The van der Waals surface area contributed by atoms with Crippen LogP contribution in [0.15, 0.2) is 24.3 Å². The van der Waals surface area contributed by atoms with Crippen molar-refractivity contribution in [1.29, 1.82) is 0 Å². The van der Waals surface area contributed by atoms with Crippen molar-refractivity contribution >= 4 is 17.6 Å². The summed E-state index contributed by atoms with van der Waals surface area (Å²) in [4.78, 5) is 11.4. The van der Waals surface area contributed by atoms with Gasteiger partial charge in [0.15, 0.2) is 0 Å². The largest absolute Gasteiger partial charge is 0.460 e. The van der Waals surface area contributed by atoms with Gasteiger partial charge >= 0.3 is 5.97 Å². The molecule has 0 atom stereocenters.